The molecule has 0 amide bonds. The molecule has 1 nitrogen and oxygen atoms in total. The van der Waals surface area contributed by atoms with E-state index in [1.54, 1.807) is 0 Å². The first-order valence-corrected chi connectivity index (χ1v) is 7.70. The quantitative estimate of drug-likeness (QED) is 0.764. The monoisotopic (exact) mass is 352 g/mol. The Hall–Kier alpha value is -0.830. The zero-order valence-electron chi connectivity index (χ0n) is 12.1. The molecule has 1 atom stereocenters. The van der Waals surface area contributed by atoms with Gasteiger partial charge in [0.15, 0.2) is 0 Å². The Balaban J connectivity index is 2.62. The van der Waals surface area contributed by atoms with Crippen LogP contribution < -0.4 is 0 Å². The first-order chi connectivity index (χ1) is 9.32. The Labute approximate surface area is 133 Å². The lowest BCUT2D eigenvalue weighted by atomic mass is 9.88. The van der Waals surface area contributed by atoms with Crippen molar-refractivity contribution in [1.82, 2.24) is 0 Å². The molecular formula is C17H18BrClO. The van der Waals surface area contributed by atoms with Crippen molar-refractivity contribution in [3.63, 3.8) is 0 Å². The van der Waals surface area contributed by atoms with Crippen LogP contribution in [0.15, 0.2) is 28.7 Å². The maximum Gasteiger partial charge on any atom is 0.106 e. The smallest absolute Gasteiger partial charge is 0.106 e. The molecule has 0 saturated heterocycles. The molecule has 0 aliphatic rings. The molecule has 0 fully saturated rings. The Morgan fingerprint density at radius 2 is 1.55 bits per heavy atom. The molecule has 0 aliphatic carbocycles. The Morgan fingerprint density at radius 3 is 2.05 bits per heavy atom. The van der Waals surface area contributed by atoms with Gasteiger partial charge in [0.1, 0.15) is 6.10 Å². The van der Waals surface area contributed by atoms with Gasteiger partial charge < -0.3 is 5.11 Å². The second-order valence-electron chi connectivity index (χ2n) is 5.24. The van der Waals surface area contributed by atoms with Crippen molar-refractivity contribution in [2.75, 3.05) is 0 Å². The topological polar surface area (TPSA) is 20.2 Å². The molecule has 1 unspecified atom stereocenters. The van der Waals surface area contributed by atoms with Gasteiger partial charge in [-0.05, 0) is 67.6 Å². The van der Waals surface area contributed by atoms with Gasteiger partial charge >= 0.3 is 0 Å². The Bertz CT molecular complexity index is 638. The Morgan fingerprint density at radius 1 is 1.00 bits per heavy atom. The highest BCUT2D eigenvalue weighted by molar-refractivity contribution is 9.10. The van der Waals surface area contributed by atoms with Crippen LogP contribution in [0.4, 0.5) is 0 Å². The number of hydrogen-bond donors (Lipinski definition) is 1. The van der Waals surface area contributed by atoms with E-state index in [4.69, 9.17) is 11.6 Å². The van der Waals surface area contributed by atoms with Crippen LogP contribution in [-0.2, 0) is 0 Å². The molecule has 0 aromatic heterocycles. The van der Waals surface area contributed by atoms with Gasteiger partial charge in [-0.3, -0.25) is 0 Å². The van der Waals surface area contributed by atoms with E-state index in [-0.39, 0.29) is 0 Å². The number of halogens is 2. The van der Waals surface area contributed by atoms with E-state index in [9.17, 15) is 5.11 Å². The summed E-state index contributed by atoms with van der Waals surface area (Å²) in [5.74, 6) is 0. The lowest BCUT2D eigenvalue weighted by Gasteiger charge is -2.21. The van der Waals surface area contributed by atoms with Crippen LogP contribution in [0.3, 0.4) is 0 Å². The van der Waals surface area contributed by atoms with Gasteiger partial charge in [0.2, 0.25) is 0 Å². The summed E-state index contributed by atoms with van der Waals surface area (Å²) in [4.78, 5) is 0. The van der Waals surface area contributed by atoms with Crippen molar-refractivity contribution >= 4 is 27.5 Å². The van der Waals surface area contributed by atoms with Crippen LogP contribution in [-0.4, -0.2) is 5.11 Å². The van der Waals surface area contributed by atoms with Crippen LogP contribution in [0.2, 0.25) is 5.02 Å². The molecule has 3 heteroatoms. The summed E-state index contributed by atoms with van der Waals surface area (Å²) in [7, 11) is 0. The zero-order chi connectivity index (χ0) is 15.0. The maximum absolute atomic E-state index is 10.8. The largest absolute Gasteiger partial charge is 0.384 e. The molecule has 0 aliphatic heterocycles. The maximum atomic E-state index is 10.8. The standard InChI is InChI=1S/C17H18BrClO/c1-9-7-10(2)12(4)16(11(9)3)17(20)14-6-5-13(18)8-15(14)19/h5-8,17,20H,1-4H3. The average molecular weight is 354 g/mol. The lowest BCUT2D eigenvalue weighted by Crippen LogP contribution is -2.08. The van der Waals surface area contributed by atoms with Gasteiger partial charge in [0.05, 0.1) is 0 Å². The average Bonchev–Trinajstić information content (AvgIpc) is 2.36. The van der Waals surface area contributed by atoms with E-state index in [1.165, 1.54) is 11.1 Å². The first kappa shape index (κ1) is 15.6. The van der Waals surface area contributed by atoms with E-state index in [1.807, 2.05) is 32.0 Å². The van der Waals surface area contributed by atoms with E-state index in [0.717, 1.165) is 26.7 Å². The minimum absolute atomic E-state index is 0.574. The third kappa shape index (κ3) is 2.78. The van der Waals surface area contributed by atoms with Crippen molar-refractivity contribution in [3.05, 3.63) is 67.1 Å². The molecular weight excluding hydrogens is 336 g/mol. The summed E-state index contributed by atoms with van der Waals surface area (Å²) in [6, 6.07) is 7.74. The van der Waals surface area contributed by atoms with Crippen LogP contribution in [0.25, 0.3) is 0 Å². The molecule has 2 rings (SSSR count). The molecule has 0 spiro atoms. The molecule has 2 aromatic carbocycles. The van der Waals surface area contributed by atoms with Gasteiger partial charge in [-0.1, -0.05) is 39.7 Å². The summed E-state index contributed by atoms with van der Waals surface area (Å²) in [6.45, 7) is 8.24. The number of hydrogen-bond acceptors (Lipinski definition) is 1. The fourth-order valence-electron chi connectivity index (χ4n) is 2.54. The minimum Gasteiger partial charge on any atom is -0.384 e. The van der Waals surface area contributed by atoms with Gasteiger partial charge in [-0.2, -0.15) is 0 Å². The second-order valence-corrected chi connectivity index (χ2v) is 6.57. The molecule has 2 aromatic rings. The van der Waals surface area contributed by atoms with Crippen molar-refractivity contribution in [2.45, 2.75) is 33.8 Å². The number of aryl methyl sites for hydroxylation is 2. The SMILES string of the molecule is Cc1cc(C)c(C)c(C(O)c2ccc(Br)cc2Cl)c1C. The number of aliphatic hydroxyl groups is 1. The van der Waals surface area contributed by atoms with Gasteiger partial charge in [-0.15, -0.1) is 0 Å². The molecule has 0 saturated carbocycles. The molecule has 0 radical (unpaired) electrons. The van der Waals surface area contributed by atoms with E-state index in [2.05, 4.69) is 35.8 Å². The number of aliphatic hydroxyl groups excluding tert-OH is 1. The van der Waals surface area contributed by atoms with Gasteiger partial charge in [0, 0.05) is 15.1 Å². The highest BCUT2D eigenvalue weighted by atomic mass is 79.9. The third-order valence-corrected chi connectivity index (χ3v) is 4.78. The predicted octanol–water partition coefficient (Wildman–Crippen LogP) is 5.42. The van der Waals surface area contributed by atoms with Crippen LogP contribution in [0.5, 0.6) is 0 Å². The fraction of sp³-hybridized carbons (Fsp3) is 0.294. The molecule has 20 heavy (non-hydrogen) atoms. The Kier molecular flexibility index (Phi) is 4.58. The second kappa shape index (κ2) is 5.88. The van der Waals surface area contributed by atoms with E-state index in [0.29, 0.717) is 5.02 Å². The minimum atomic E-state index is -0.700. The van der Waals surface area contributed by atoms with Crippen molar-refractivity contribution in [2.24, 2.45) is 0 Å². The highest BCUT2D eigenvalue weighted by Gasteiger charge is 2.20. The summed E-state index contributed by atoms with van der Waals surface area (Å²) in [5, 5.41) is 11.3. The first-order valence-electron chi connectivity index (χ1n) is 6.53. The van der Waals surface area contributed by atoms with Crippen LogP contribution >= 0.6 is 27.5 Å². The fourth-order valence-corrected chi connectivity index (χ4v) is 3.31. The lowest BCUT2D eigenvalue weighted by molar-refractivity contribution is 0.218. The van der Waals surface area contributed by atoms with Crippen molar-refractivity contribution in [3.8, 4) is 0 Å². The number of rotatable bonds is 2. The van der Waals surface area contributed by atoms with Crippen LogP contribution in [0.1, 0.15) is 39.5 Å². The predicted molar refractivity (Wildman–Crippen MR) is 88.6 cm³/mol. The molecule has 1 N–H and O–H groups in total. The highest BCUT2D eigenvalue weighted by Crippen LogP contribution is 2.35. The van der Waals surface area contributed by atoms with Crippen molar-refractivity contribution < 1.29 is 5.11 Å². The van der Waals surface area contributed by atoms with Gasteiger partial charge in [0.25, 0.3) is 0 Å². The van der Waals surface area contributed by atoms with Crippen molar-refractivity contribution in [1.29, 1.82) is 0 Å². The summed E-state index contributed by atoms with van der Waals surface area (Å²) in [5.41, 5.74) is 6.34. The summed E-state index contributed by atoms with van der Waals surface area (Å²) in [6.07, 6.45) is -0.700. The molecule has 0 heterocycles. The third-order valence-electron chi connectivity index (χ3n) is 3.95. The molecule has 0 bridgehead atoms. The normalized spacial score (nSPS) is 12.6. The molecule has 106 valence electrons. The van der Waals surface area contributed by atoms with E-state index < -0.39 is 6.10 Å². The van der Waals surface area contributed by atoms with Crippen LogP contribution in [0, 0.1) is 27.7 Å². The number of benzene rings is 2. The van der Waals surface area contributed by atoms with E-state index >= 15 is 0 Å². The summed E-state index contributed by atoms with van der Waals surface area (Å²) >= 11 is 9.66. The zero-order valence-corrected chi connectivity index (χ0v) is 14.4. The summed E-state index contributed by atoms with van der Waals surface area (Å²) < 4.78 is 0.910. The van der Waals surface area contributed by atoms with Gasteiger partial charge in [-0.25, -0.2) is 0 Å².